The van der Waals surface area contributed by atoms with Crippen molar-refractivity contribution < 1.29 is 9.90 Å². The number of nitrogens with one attached hydrogen (secondary N) is 1. The number of rotatable bonds is 2. The Bertz CT molecular complexity index is 1000. The first-order valence-electron chi connectivity index (χ1n) is 10.9. The molecule has 0 spiro atoms. The molecule has 1 saturated carbocycles. The van der Waals surface area contributed by atoms with Crippen LogP contribution in [0.5, 0.6) is 0 Å². The topological polar surface area (TPSA) is 92.8 Å². The van der Waals surface area contributed by atoms with Gasteiger partial charge in [0.2, 0.25) is 0 Å². The van der Waals surface area contributed by atoms with Crippen molar-refractivity contribution in [3.8, 4) is 0 Å². The zero-order valence-electron chi connectivity index (χ0n) is 17.3. The number of aromatic nitrogens is 2. The Morgan fingerprint density at radius 2 is 1.80 bits per heavy atom. The molecule has 2 aromatic rings. The van der Waals surface area contributed by atoms with E-state index in [1.165, 1.54) is 0 Å². The van der Waals surface area contributed by atoms with Gasteiger partial charge in [-0.3, -0.25) is 14.5 Å². The van der Waals surface area contributed by atoms with Gasteiger partial charge in [0.25, 0.3) is 11.5 Å². The number of carbonyl (C=O) groups is 1. The van der Waals surface area contributed by atoms with Crippen molar-refractivity contribution in [2.75, 3.05) is 46.3 Å². The van der Waals surface area contributed by atoms with Gasteiger partial charge in [0.15, 0.2) is 5.69 Å². The SMILES string of the molecule is CN1CCN([C@@H]2C[C@@H]3CN(C(=O)c4nc5ccccc5[nH]c4=O)C[C@@H]3C[C@H]2O)CC1. The largest absolute Gasteiger partial charge is 0.391 e. The van der Waals surface area contributed by atoms with Crippen LogP contribution in [0.15, 0.2) is 29.1 Å². The van der Waals surface area contributed by atoms with Gasteiger partial charge in [0, 0.05) is 45.3 Å². The number of fused-ring (bicyclic) bond motifs is 2. The van der Waals surface area contributed by atoms with Crippen molar-refractivity contribution in [2.24, 2.45) is 11.8 Å². The van der Waals surface area contributed by atoms with Crippen molar-refractivity contribution in [1.29, 1.82) is 0 Å². The lowest BCUT2D eigenvalue weighted by molar-refractivity contribution is -0.0249. The molecule has 160 valence electrons. The van der Waals surface area contributed by atoms with Crippen LogP contribution < -0.4 is 5.56 Å². The van der Waals surface area contributed by atoms with Crippen LogP contribution in [0.2, 0.25) is 0 Å². The summed E-state index contributed by atoms with van der Waals surface area (Å²) in [5, 5.41) is 10.8. The minimum absolute atomic E-state index is 0.0384. The number of H-pyrrole nitrogens is 1. The Morgan fingerprint density at radius 3 is 2.57 bits per heavy atom. The highest BCUT2D eigenvalue weighted by Gasteiger charge is 2.45. The Morgan fingerprint density at radius 1 is 1.10 bits per heavy atom. The molecule has 2 aliphatic heterocycles. The summed E-state index contributed by atoms with van der Waals surface area (Å²) in [5.74, 6) is 0.343. The van der Waals surface area contributed by atoms with E-state index in [9.17, 15) is 14.7 Å². The first kappa shape index (κ1) is 19.7. The summed E-state index contributed by atoms with van der Waals surface area (Å²) in [6.07, 6.45) is 1.26. The Hall–Kier alpha value is -2.29. The summed E-state index contributed by atoms with van der Waals surface area (Å²) in [4.78, 5) is 39.2. The molecule has 5 rings (SSSR count). The molecule has 1 aromatic heterocycles. The zero-order valence-corrected chi connectivity index (χ0v) is 17.3. The molecule has 3 aliphatic rings. The van der Waals surface area contributed by atoms with E-state index in [1.54, 1.807) is 17.0 Å². The van der Waals surface area contributed by atoms with E-state index in [0.29, 0.717) is 36.5 Å². The van der Waals surface area contributed by atoms with Crippen LogP contribution in [-0.2, 0) is 0 Å². The fourth-order valence-electron chi connectivity index (χ4n) is 5.44. The number of hydrogen-bond donors (Lipinski definition) is 2. The lowest BCUT2D eigenvalue weighted by atomic mass is 9.77. The predicted octanol–water partition coefficient (Wildman–Crippen LogP) is 0.382. The third-order valence-electron chi connectivity index (χ3n) is 7.21. The molecule has 8 heteroatoms. The van der Waals surface area contributed by atoms with Gasteiger partial charge in [-0.2, -0.15) is 0 Å². The molecule has 2 N–H and O–H groups in total. The van der Waals surface area contributed by atoms with Crippen LogP contribution in [-0.4, -0.2) is 94.1 Å². The van der Waals surface area contributed by atoms with Crippen molar-refractivity contribution in [3.05, 3.63) is 40.3 Å². The lowest BCUT2D eigenvalue weighted by Gasteiger charge is -2.44. The first-order chi connectivity index (χ1) is 14.5. The molecule has 3 fully saturated rings. The number of benzene rings is 1. The number of para-hydroxylation sites is 2. The van der Waals surface area contributed by atoms with Crippen LogP contribution in [0, 0.1) is 11.8 Å². The first-order valence-corrected chi connectivity index (χ1v) is 10.9. The Kier molecular flexibility index (Phi) is 5.08. The second-order valence-electron chi connectivity index (χ2n) is 9.11. The number of carbonyl (C=O) groups excluding carboxylic acids is 1. The number of amides is 1. The summed E-state index contributed by atoms with van der Waals surface area (Å²) in [5.41, 5.74) is 0.766. The van der Waals surface area contributed by atoms with Crippen LogP contribution >= 0.6 is 0 Å². The molecule has 8 nitrogen and oxygen atoms in total. The number of hydrogen-bond acceptors (Lipinski definition) is 6. The second kappa shape index (κ2) is 7.76. The van der Waals surface area contributed by atoms with Crippen molar-refractivity contribution >= 4 is 16.9 Å². The van der Waals surface area contributed by atoms with E-state index in [4.69, 9.17) is 0 Å². The standard InChI is InChI=1S/C22H29N5O3/c1-25-6-8-26(9-7-25)18-10-14-12-27(13-15(14)11-19(18)28)22(30)20-21(29)24-17-5-3-2-4-16(17)23-20/h2-5,14-15,18-19,28H,6-13H2,1H3,(H,24,29)/t14-,15+,18-,19-/m1/s1. The molecule has 0 radical (unpaired) electrons. The van der Waals surface area contributed by atoms with E-state index >= 15 is 0 Å². The lowest BCUT2D eigenvalue weighted by Crippen LogP contribution is -2.55. The van der Waals surface area contributed by atoms with Crippen LogP contribution in [0.25, 0.3) is 11.0 Å². The second-order valence-corrected chi connectivity index (χ2v) is 9.11. The van der Waals surface area contributed by atoms with Gasteiger partial charge in [-0.25, -0.2) is 4.98 Å². The van der Waals surface area contributed by atoms with Gasteiger partial charge in [-0.15, -0.1) is 0 Å². The number of likely N-dealkylation sites (tertiary alicyclic amines) is 1. The summed E-state index contributed by atoms with van der Waals surface area (Å²) < 4.78 is 0. The molecule has 0 bridgehead atoms. The third-order valence-corrected chi connectivity index (χ3v) is 7.21. The summed E-state index contributed by atoms with van der Waals surface area (Å²) in [6.45, 7) is 5.23. The molecule has 30 heavy (non-hydrogen) atoms. The number of nitrogens with zero attached hydrogens (tertiary/aromatic N) is 4. The van der Waals surface area contributed by atoms with E-state index in [2.05, 4.69) is 26.8 Å². The van der Waals surface area contributed by atoms with Gasteiger partial charge >= 0.3 is 0 Å². The number of piperazine rings is 1. The molecule has 4 atom stereocenters. The van der Waals surface area contributed by atoms with Crippen LogP contribution in [0.4, 0.5) is 0 Å². The van der Waals surface area contributed by atoms with Crippen molar-refractivity contribution in [1.82, 2.24) is 24.7 Å². The van der Waals surface area contributed by atoms with Gasteiger partial charge in [0.05, 0.1) is 17.1 Å². The quantitative estimate of drug-likeness (QED) is 0.742. The Labute approximate surface area is 175 Å². The smallest absolute Gasteiger partial charge is 0.280 e. The van der Waals surface area contributed by atoms with E-state index in [0.717, 1.165) is 32.6 Å². The van der Waals surface area contributed by atoms with Crippen molar-refractivity contribution in [2.45, 2.75) is 25.0 Å². The van der Waals surface area contributed by atoms with Crippen LogP contribution in [0.1, 0.15) is 23.3 Å². The molecule has 0 unspecified atom stereocenters. The highest BCUT2D eigenvalue weighted by Crippen LogP contribution is 2.38. The predicted molar refractivity (Wildman–Crippen MR) is 113 cm³/mol. The molecular weight excluding hydrogens is 382 g/mol. The maximum absolute atomic E-state index is 13.1. The summed E-state index contributed by atoms with van der Waals surface area (Å²) in [7, 11) is 2.13. The normalized spacial score (nSPS) is 30.5. The minimum atomic E-state index is -0.441. The van der Waals surface area contributed by atoms with Gasteiger partial charge in [-0.1, -0.05) is 12.1 Å². The fraction of sp³-hybridized carbons (Fsp3) is 0.591. The van der Waals surface area contributed by atoms with Gasteiger partial charge in [0.1, 0.15) is 0 Å². The zero-order chi connectivity index (χ0) is 20.8. The molecule has 1 aromatic carbocycles. The molecule has 3 heterocycles. The van der Waals surface area contributed by atoms with E-state index < -0.39 is 5.56 Å². The number of aromatic amines is 1. The van der Waals surface area contributed by atoms with E-state index in [1.807, 2.05) is 12.1 Å². The molecular formula is C22H29N5O3. The average Bonchev–Trinajstić information content (AvgIpc) is 3.15. The van der Waals surface area contributed by atoms with E-state index in [-0.39, 0.29) is 29.7 Å². The van der Waals surface area contributed by atoms with Crippen LogP contribution in [0.3, 0.4) is 0 Å². The van der Waals surface area contributed by atoms with Gasteiger partial charge < -0.3 is 19.9 Å². The number of aliphatic hydroxyl groups excluding tert-OH is 1. The van der Waals surface area contributed by atoms with Gasteiger partial charge in [-0.05, 0) is 43.9 Å². The maximum atomic E-state index is 13.1. The highest BCUT2D eigenvalue weighted by atomic mass is 16.3. The summed E-state index contributed by atoms with van der Waals surface area (Å²) >= 11 is 0. The molecule has 1 amide bonds. The molecule has 1 aliphatic carbocycles. The average molecular weight is 412 g/mol. The fourth-order valence-corrected chi connectivity index (χ4v) is 5.44. The third kappa shape index (κ3) is 3.53. The Balaban J connectivity index is 1.31. The number of likely N-dealkylation sites (N-methyl/N-ethyl adjacent to an activating group) is 1. The summed E-state index contributed by atoms with van der Waals surface area (Å²) in [6, 6.07) is 7.41. The number of aliphatic hydroxyl groups is 1. The van der Waals surface area contributed by atoms with Crippen molar-refractivity contribution in [3.63, 3.8) is 0 Å². The maximum Gasteiger partial charge on any atom is 0.280 e. The monoisotopic (exact) mass is 411 g/mol. The minimum Gasteiger partial charge on any atom is -0.391 e. The highest BCUT2D eigenvalue weighted by molar-refractivity contribution is 5.93. The molecule has 2 saturated heterocycles.